The molecule has 11 aromatic carbocycles. The second-order valence-corrected chi connectivity index (χ2v) is 21.7. The van der Waals surface area contributed by atoms with Crippen LogP contribution in [0.4, 0.5) is 0 Å². The van der Waals surface area contributed by atoms with E-state index in [1.165, 1.54) is 30.3 Å². The number of ether oxygens (including phenoxy) is 1. The summed E-state index contributed by atoms with van der Waals surface area (Å²) in [6.07, 6.45) is 5.36. The summed E-state index contributed by atoms with van der Waals surface area (Å²) in [5, 5.41) is 3.27. The zero-order valence-electron chi connectivity index (χ0n) is 64.5. The van der Waals surface area contributed by atoms with Gasteiger partial charge in [-0.3, -0.25) is 4.57 Å². The first kappa shape index (κ1) is 35.3. The van der Waals surface area contributed by atoms with Crippen molar-refractivity contribution in [2.45, 2.75) is 39.9 Å². The van der Waals surface area contributed by atoms with E-state index in [1.54, 1.807) is 51.7 Å². The molecule has 0 fully saturated rings. The Balaban J connectivity index is 0.00000870. The number of aryl methyl sites for hydroxylation is 2. The molecule has 0 amide bonds. The van der Waals surface area contributed by atoms with E-state index in [9.17, 15) is 13.7 Å². The maximum Gasteiger partial charge on any atom is 0.268 e. The fourth-order valence-corrected chi connectivity index (χ4v) is 12.0. The fraction of sp³-hybridized carbons (Fsp3) is 0.0769. The topological polar surface area (TPSA) is 40.8 Å². The molecule has 0 N–H and O–H groups in total. The Hall–Kier alpha value is -9.87. The molecular weight excluding hydrogens is 1220 g/mol. The molecule has 85 heavy (non-hydrogen) atoms. The molecule has 0 bridgehead atoms. The summed E-state index contributed by atoms with van der Waals surface area (Å²) in [5.74, 6) is 1.08. The van der Waals surface area contributed by atoms with Crippen LogP contribution in [0.5, 0.6) is 11.5 Å². The molecule has 15 aromatic rings. The van der Waals surface area contributed by atoms with Gasteiger partial charge in [-0.25, -0.2) is 4.98 Å². The van der Waals surface area contributed by atoms with Gasteiger partial charge in [0.15, 0.2) is 0 Å². The Morgan fingerprint density at radius 3 is 1.76 bits per heavy atom. The Labute approximate surface area is 535 Å². The molecule has 1 aliphatic heterocycles. The Kier molecular flexibility index (Phi) is 8.39. The standard InChI is InChI=1S/C78H55N5O.Pt/c1-49-21-19-22-50(2)75(49)53-42-67-61-30-12-10-28-59(61)58-27-9-11-29-60(58)66-41-52(51-23-7-6-8-24-51)43-72-76(66)81(77(67)73(44-53)82-68-34-16-13-31-62(68)63-32-14-17-35-69(63)82)48-80(72)55-25-20-26-56(46-55)84-57-37-38-65-64-33-15-18-36-70(64)83(71(65)47-57)74-45-54(39-40-79-74)78(3,4)5;/h6-45H,1-5H3;/q-2;/i1D3,2D3,6D,7D,8D,9D,10D,11D,12D,23D,24D,27D,28D,29D,30D;. The number of imidazole rings is 1. The molecule has 4 aromatic heterocycles. The molecule has 7 heteroatoms. The zero-order valence-corrected chi connectivity index (χ0v) is 47.8. The maximum atomic E-state index is 10.3. The molecule has 0 unspecified atom stereocenters. The van der Waals surface area contributed by atoms with Gasteiger partial charge in [0, 0.05) is 63.3 Å². The van der Waals surface area contributed by atoms with Gasteiger partial charge in [0.2, 0.25) is 0 Å². The smallest absolute Gasteiger partial charge is 0.268 e. The van der Waals surface area contributed by atoms with Crippen LogP contribution in [-0.4, -0.2) is 18.7 Å². The number of pyridine rings is 1. The Bertz CT molecular complexity index is 6130. The molecule has 0 saturated carbocycles. The van der Waals surface area contributed by atoms with E-state index in [1.807, 2.05) is 94.1 Å². The van der Waals surface area contributed by atoms with Crippen LogP contribution in [0, 0.1) is 32.2 Å². The van der Waals surface area contributed by atoms with Gasteiger partial charge in [0.25, 0.3) is 6.33 Å². The first-order valence-corrected chi connectivity index (χ1v) is 27.2. The number of fused-ring (bicyclic) bond motifs is 13. The van der Waals surface area contributed by atoms with Gasteiger partial charge >= 0.3 is 0 Å². The molecular formula is C78H55N5OPt-2. The van der Waals surface area contributed by atoms with E-state index in [4.69, 9.17) is 22.1 Å². The second-order valence-electron chi connectivity index (χ2n) is 21.7. The number of para-hydroxylation sites is 3. The first-order valence-electron chi connectivity index (χ1n) is 36.7. The Morgan fingerprint density at radius 2 is 1.09 bits per heavy atom. The summed E-state index contributed by atoms with van der Waals surface area (Å²) < 4.78 is 192. The number of aromatic nitrogens is 5. The minimum absolute atomic E-state index is 0. The SMILES string of the molecule is [2H]c1c([2H])c([2H])c(-c2cc3c4c(c2)n(-c2[c-]c(Oc5[c-]c6c(cc5)c5ccccc5n6-c5cc(C(C)(C)C)ccn5)ccc2)[c-][n+]4-c2c(cc(-c4c(C([2H])([2H])[2H])cccc4C([2H])([2H])[2H])cc2-n2c4ccccc4c4ccccc42)-c2c([2H])c([2H])c([2H])c([2H])c2-c2c([2H])c([2H])c([2H])c([2H])c2-3)c([2H])c1[2H].[Pt]. The van der Waals surface area contributed by atoms with Crippen molar-refractivity contribution in [3.05, 3.63) is 278 Å². The molecule has 0 spiro atoms. The van der Waals surface area contributed by atoms with E-state index in [0.29, 0.717) is 22.4 Å². The molecule has 16 rings (SSSR count). The van der Waals surface area contributed by atoms with Crippen LogP contribution in [-0.2, 0) is 26.5 Å². The summed E-state index contributed by atoms with van der Waals surface area (Å²) in [6, 6.07) is 43.1. The monoisotopic (exact) mass is 1290 g/mol. The van der Waals surface area contributed by atoms with Gasteiger partial charge in [-0.1, -0.05) is 184 Å². The predicted molar refractivity (Wildman–Crippen MR) is 343 cm³/mol. The van der Waals surface area contributed by atoms with E-state index in [0.717, 1.165) is 32.6 Å². The van der Waals surface area contributed by atoms with Crippen molar-refractivity contribution in [1.82, 2.24) is 18.7 Å². The molecule has 0 aliphatic carbocycles. The number of rotatable bonds is 7. The van der Waals surface area contributed by atoms with E-state index >= 15 is 0 Å². The molecule has 0 atom stereocenters. The van der Waals surface area contributed by atoms with Gasteiger partial charge in [-0.05, 0) is 151 Å². The van der Waals surface area contributed by atoms with Crippen LogP contribution in [0.1, 0.15) is 63.5 Å². The minimum Gasteiger partial charge on any atom is -0.510 e. The largest absolute Gasteiger partial charge is 0.510 e. The van der Waals surface area contributed by atoms with Gasteiger partial charge < -0.3 is 18.4 Å². The summed E-state index contributed by atoms with van der Waals surface area (Å²) in [6.45, 7) is 0.429. The van der Waals surface area contributed by atoms with Gasteiger partial charge in [-0.2, -0.15) is 18.2 Å². The van der Waals surface area contributed by atoms with Crippen LogP contribution >= 0.6 is 0 Å². The van der Waals surface area contributed by atoms with Crippen molar-refractivity contribution in [3.8, 4) is 90.0 Å². The normalized spacial score (nSPS) is 15.4. The summed E-state index contributed by atoms with van der Waals surface area (Å²) in [7, 11) is 0. The van der Waals surface area contributed by atoms with Gasteiger partial charge in [0.1, 0.15) is 5.82 Å². The summed E-state index contributed by atoms with van der Waals surface area (Å²) in [4.78, 5) is 4.85. The van der Waals surface area contributed by atoms with Crippen molar-refractivity contribution in [2.24, 2.45) is 0 Å². The minimum atomic E-state index is -2.98. The molecule has 1 aliphatic rings. The fourth-order valence-electron chi connectivity index (χ4n) is 12.0. The summed E-state index contributed by atoms with van der Waals surface area (Å²) >= 11 is 0. The molecule has 5 heterocycles. The molecule has 6 nitrogen and oxygen atoms in total. The van der Waals surface area contributed by atoms with Crippen molar-refractivity contribution in [1.29, 1.82) is 0 Å². The quantitative estimate of drug-likeness (QED) is 0.118. The second kappa shape index (κ2) is 20.2. The number of hydrogen-bond acceptors (Lipinski definition) is 2. The van der Waals surface area contributed by atoms with Gasteiger partial charge in [-0.15, -0.1) is 29.7 Å². The van der Waals surface area contributed by atoms with E-state index < -0.39 is 103 Å². The van der Waals surface area contributed by atoms with Crippen molar-refractivity contribution >= 4 is 54.6 Å². The molecule has 0 saturated heterocycles. The van der Waals surface area contributed by atoms with Crippen molar-refractivity contribution in [3.63, 3.8) is 0 Å². The van der Waals surface area contributed by atoms with Crippen LogP contribution in [0.3, 0.4) is 0 Å². The van der Waals surface area contributed by atoms with Crippen LogP contribution in [0.15, 0.2) is 242 Å². The van der Waals surface area contributed by atoms with Crippen molar-refractivity contribution < 1.29 is 56.4 Å². The average molecular weight is 1290 g/mol. The van der Waals surface area contributed by atoms with Crippen molar-refractivity contribution in [2.75, 3.05) is 0 Å². The number of nitrogens with zero attached hydrogens (tertiary/aromatic N) is 5. The third kappa shape index (κ3) is 8.41. The van der Waals surface area contributed by atoms with Crippen LogP contribution in [0.2, 0.25) is 0 Å². The maximum absolute atomic E-state index is 10.3. The summed E-state index contributed by atoms with van der Waals surface area (Å²) in [5.41, 5.74) is 0.765. The van der Waals surface area contributed by atoms with Crippen LogP contribution in [0.25, 0.3) is 133 Å². The first-order chi connectivity index (χ1) is 48.9. The number of benzene rings is 11. The third-order valence-electron chi connectivity index (χ3n) is 15.8. The molecule has 0 radical (unpaired) electrons. The Morgan fingerprint density at radius 1 is 0.506 bits per heavy atom. The number of hydrogen-bond donors (Lipinski definition) is 0. The zero-order chi connectivity index (χ0) is 72.7. The molecule has 410 valence electrons. The van der Waals surface area contributed by atoms with E-state index in [-0.39, 0.29) is 122 Å². The predicted octanol–water partition coefficient (Wildman–Crippen LogP) is 19.2. The van der Waals surface area contributed by atoms with Gasteiger partial charge in [0.05, 0.1) is 51.3 Å². The van der Waals surface area contributed by atoms with Crippen LogP contribution < -0.4 is 9.30 Å². The van der Waals surface area contributed by atoms with E-state index in [2.05, 4.69) is 45.3 Å². The third-order valence-corrected chi connectivity index (χ3v) is 15.8. The average Bonchev–Trinajstić information content (AvgIpc) is 1.46.